The number of amides is 2. The Bertz CT molecular complexity index is 597. The van der Waals surface area contributed by atoms with Crippen LogP contribution in [0.2, 0.25) is 0 Å². The second-order valence-electron chi connectivity index (χ2n) is 4.66. The van der Waals surface area contributed by atoms with E-state index in [1.807, 2.05) is 43.3 Å². The Kier molecular flexibility index (Phi) is 5.10. The molecule has 2 N–H and O–H groups in total. The topological polar surface area (TPSA) is 58.2 Å². The van der Waals surface area contributed by atoms with Crippen molar-refractivity contribution in [3.8, 4) is 0 Å². The molecule has 0 saturated heterocycles. The Labute approximate surface area is 124 Å². The molecule has 0 bridgehead atoms. The van der Waals surface area contributed by atoms with E-state index in [1.54, 1.807) is 24.3 Å². The van der Waals surface area contributed by atoms with Crippen LogP contribution in [0.25, 0.3) is 0 Å². The van der Waals surface area contributed by atoms with Gasteiger partial charge in [-0.25, -0.2) is 0 Å². The number of hydrogen-bond acceptors (Lipinski definition) is 2. The maximum absolute atomic E-state index is 12.2. The molecule has 108 valence electrons. The highest BCUT2D eigenvalue weighted by Gasteiger charge is 2.19. The van der Waals surface area contributed by atoms with Crippen molar-refractivity contribution >= 4 is 17.5 Å². The molecule has 0 aromatic heterocycles. The first-order valence-electron chi connectivity index (χ1n) is 6.92. The molecule has 21 heavy (non-hydrogen) atoms. The summed E-state index contributed by atoms with van der Waals surface area (Å²) < 4.78 is 0. The van der Waals surface area contributed by atoms with Crippen LogP contribution in [0, 0.1) is 0 Å². The molecular formula is C17H18N2O2. The number of nitrogens with one attached hydrogen (secondary N) is 2. The van der Waals surface area contributed by atoms with Gasteiger partial charge in [0.15, 0.2) is 0 Å². The average Bonchev–Trinajstić information content (AvgIpc) is 2.54. The highest BCUT2D eigenvalue weighted by Crippen LogP contribution is 2.07. The summed E-state index contributed by atoms with van der Waals surface area (Å²) in [4.78, 5) is 24.3. The third-order valence-corrected chi connectivity index (χ3v) is 3.11. The van der Waals surface area contributed by atoms with Gasteiger partial charge in [0.05, 0.1) is 0 Å². The molecule has 0 aliphatic rings. The van der Waals surface area contributed by atoms with Gasteiger partial charge in [0, 0.05) is 11.3 Å². The molecule has 0 saturated carbocycles. The van der Waals surface area contributed by atoms with Gasteiger partial charge in [0.2, 0.25) is 5.91 Å². The molecule has 2 aromatic carbocycles. The highest BCUT2D eigenvalue weighted by molar-refractivity contribution is 6.01. The minimum atomic E-state index is -0.557. The van der Waals surface area contributed by atoms with E-state index < -0.39 is 6.04 Å². The first-order chi connectivity index (χ1) is 10.2. The van der Waals surface area contributed by atoms with Crippen LogP contribution >= 0.6 is 0 Å². The summed E-state index contributed by atoms with van der Waals surface area (Å²) in [5.41, 5.74) is 1.26. The van der Waals surface area contributed by atoms with Gasteiger partial charge in [0.25, 0.3) is 5.91 Å². The summed E-state index contributed by atoms with van der Waals surface area (Å²) in [7, 11) is 0. The minimum absolute atomic E-state index is 0.215. The van der Waals surface area contributed by atoms with Crippen molar-refractivity contribution in [3.05, 3.63) is 66.2 Å². The van der Waals surface area contributed by atoms with Crippen LogP contribution in [0.4, 0.5) is 5.69 Å². The van der Waals surface area contributed by atoms with Crippen molar-refractivity contribution in [1.29, 1.82) is 0 Å². The number of benzene rings is 2. The van der Waals surface area contributed by atoms with Gasteiger partial charge in [-0.1, -0.05) is 43.3 Å². The summed E-state index contributed by atoms with van der Waals surface area (Å²) in [6.07, 6.45) is 0.525. The van der Waals surface area contributed by atoms with Crippen molar-refractivity contribution in [2.45, 2.75) is 19.4 Å². The monoisotopic (exact) mass is 282 g/mol. The van der Waals surface area contributed by atoms with Crippen LogP contribution in [-0.2, 0) is 4.79 Å². The van der Waals surface area contributed by atoms with Gasteiger partial charge in [0.1, 0.15) is 6.04 Å². The zero-order valence-electron chi connectivity index (χ0n) is 11.9. The molecule has 0 aliphatic heterocycles. The van der Waals surface area contributed by atoms with Gasteiger partial charge in [-0.2, -0.15) is 0 Å². The van der Waals surface area contributed by atoms with Crippen LogP contribution in [0.3, 0.4) is 0 Å². The van der Waals surface area contributed by atoms with E-state index in [0.29, 0.717) is 12.0 Å². The standard InChI is InChI=1S/C17H18N2O2/c1-2-15(17(21)18-14-11-7-4-8-12-14)19-16(20)13-9-5-3-6-10-13/h3-12,15H,2H2,1H3,(H,18,21)(H,19,20)/t15-/m1/s1. The number of carbonyl (C=O) groups excluding carboxylic acids is 2. The third kappa shape index (κ3) is 4.18. The molecule has 2 aromatic rings. The summed E-state index contributed by atoms with van der Waals surface area (Å²) in [6.45, 7) is 1.86. The molecule has 0 heterocycles. The Balaban J connectivity index is 1.99. The van der Waals surface area contributed by atoms with Crippen LogP contribution in [-0.4, -0.2) is 17.9 Å². The number of rotatable bonds is 5. The summed E-state index contributed by atoms with van der Waals surface area (Å²) in [5, 5.41) is 5.55. The van der Waals surface area contributed by atoms with Crippen LogP contribution in [0.1, 0.15) is 23.7 Å². The third-order valence-electron chi connectivity index (χ3n) is 3.11. The second-order valence-corrected chi connectivity index (χ2v) is 4.66. The zero-order valence-corrected chi connectivity index (χ0v) is 11.9. The average molecular weight is 282 g/mol. The van der Waals surface area contributed by atoms with Crippen molar-refractivity contribution in [2.75, 3.05) is 5.32 Å². The molecule has 4 nitrogen and oxygen atoms in total. The normalized spacial score (nSPS) is 11.5. The lowest BCUT2D eigenvalue weighted by atomic mass is 10.1. The molecule has 4 heteroatoms. The molecule has 2 rings (SSSR count). The lowest BCUT2D eigenvalue weighted by molar-refractivity contribution is -0.118. The molecule has 0 radical (unpaired) electrons. The summed E-state index contributed by atoms with van der Waals surface area (Å²) in [5.74, 6) is -0.460. The first-order valence-corrected chi connectivity index (χ1v) is 6.92. The predicted octanol–water partition coefficient (Wildman–Crippen LogP) is 2.83. The van der Waals surface area contributed by atoms with Crippen molar-refractivity contribution in [2.24, 2.45) is 0 Å². The van der Waals surface area contributed by atoms with Crippen molar-refractivity contribution in [1.82, 2.24) is 5.32 Å². The Morgan fingerprint density at radius 3 is 2.10 bits per heavy atom. The lowest BCUT2D eigenvalue weighted by Gasteiger charge is -2.16. The maximum atomic E-state index is 12.2. The van der Waals surface area contributed by atoms with E-state index in [4.69, 9.17) is 0 Å². The molecule has 0 fully saturated rings. The first kappa shape index (κ1) is 14.8. The predicted molar refractivity (Wildman–Crippen MR) is 83.1 cm³/mol. The molecule has 2 amide bonds. The second kappa shape index (κ2) is 7.24. The number of para-hydroxylation sites is 1. The van der Waals surface area contributed by atoms with Gasteiger partial charge in [-0.05, 0) is 30.7 Å². The number of hydrogen-bond donors (Lipinski definition) is 2. The largest absolute Gasteiger partial charge is 0.340 e. The fourth-order valence-corrected chi connectivity index (χ4v) is 1.93. The molecule has 0 aliphatic carbocycles. The van der Waals surface area contributed by atoms with Crippen LogP contribution < -0.4 is 10.6 Å². The van der Waals surface area contributed by atoms with E-state index in [0.717, 1.165) is 5.69 Å². The fraction of sp³-hybridized carbons (Fsp3) is 0.176. The van der Waals surface area contributed by atoms with E-state index in [2.05, 4.69) is 10.6 Å². The van der Waals surface area contributed by atoms with Gasteiger partial charge in [-0.3, -0.25) is 9.59 Å². The van der Waals surface area contributed by atoms with Gasteiger partial charge >= 0.3 is 0 Å². The Morgan fingerprint density at radius 1 is 0.952 bits per heavy atom. The van der Waals surface area contributed by atoms with E-state index in [9.17, 15) is 9.59 Å². The highest BCUT2D eigenvalue weighted by atomic mass is 16.2. The minimum Gasteiger partial charge on any atom is -0.340 e. The molecule has 1 atom stereocenters. The smallest absolute Gasteiger partial charge is 0.251 e. The van der Waals surface area contributed by atoms with Gasteiger partial charge in [-0.15, -0.1) is 0 Å². The Hall–Kier alpha value is -2.62. The fourth-order valence-electron chi connectivity index (χ4n) is 1.93. The molecule has 0 unspecified atom stereocenters. The molecule has 0 spiro atoms. The zero-order chi connectivity index (χ0) is 15.1. The number of anilines is 1. The lowest BCUT2D eigenvalue weighted by Crippen LogP contribution is -2.43. The summed E-state index contributed by atoms with van der Waals surface area (Å²) in [6, 6.07) is 17.5. The van der Waals surface area contributed by atoms with Crippen molar-refractivity contribution < 1.29 is 9.59 Å². The van der Waals surface area contributed by atoms with E-state index in [1.165, 1.54) is 0 Å². The van der Waals surface area contributed by atoms with Gasteiger partial charge < -0.3 is 10.6 Å². The van der Waals surface area contributed by atoms with Crippen LogP contribution in [0.15, 0.2) is 60.7 Å². The quantitative estimate of drug-likeness (QED) is 0.886. The number of carbonyl (C=O) groups is 2. The molecular weight excluding hydrogens is 264 g/mol. The van der Waals surface area contributed by atoms with E-state index >= 15 is 0 Å². The van der Waals surface area contributed by atoms with Crippen LogP contribution in [0.5, 0.6) is 0 Å². The maximum Gasteiger partial charge on any atom is 0.251 e. The summed E-state index contributed by atoms with van der Waals surface area (Å²) >= 11 is 0. The Morgan fingerprint density at radius 2 is 1.52 bits per heavy atom. The van der Waals surface area contributed by atoms with E-state index in [-0.39, 0.29) is 11.8 Å². The van der Waals surface area contributed by atoms with Crippen molar-refractivity contribution in [3.63, 3.8) is 0 Å². The SMILES string of the molecule is CC[C@@H](NC(=O)c1ccccc1)C(=O)Nc1ccccc1.